The number of hydrogen-bond acceptors (Lipinski definition) is 2. The minimum absolute atomic E-state index is 0.225. The monoisotopic (exact) mass is 283 g/mol. The summed E-state index contributed by atoms with van der Waals surface area (Å²) in [5, 5.41) is 3.74. The summed E-state index contributed by atoms with van der Waals surface area (Å²) in [4.78, 5) is 0. The highest BCUT2D eigenvalue weighted by atomic mass is 16.5. The Kier molecular flexibility index (Phi) is 7.53. The first kappa shape index (κ1) is 18.0. The maximum Gasteiger partial charge on any atom is 0.0471 e. The van der Waals surface area contributed by atoms with Crippen molar-refractivity contribution in [3.8, 4) is 0 Å². The third-order valence-corrected chi connectivity index (χ3v) is 4.52. The molecule has 1 aliphatic rings. The Morgan fingerprint density at radius 1 is 1.05 bits per heavy atom. The normalized spacial score (nSPS) is 19.5. The smallest absolute Gasteiger partial charge is 0.0471 e. The van der Waals surface area contributed by atoms with Crippen LogP contribution in [0.5, 0.6) is 0 Å². The summed E-state index contributed by atoms with van der Waals surface area (Å²) in [6, 6.07) is 0. The summed E-state index contributed by atoms with van der Waals surface area (Å²) in [5.41, 5.74) is 0.715. The second-order valence-corrected chi connectivity index (χ2v) is 8.21. The topological polar surface area (TPSA) is 21.3 Å². The van der Waals surface area contributed by atoms with E-state index in [4.69, 9.17) is 4.74 Å². The van der Waals surface area contributed by atoms with Gasteiger partial charge in [0.1, 0.15) is 0 Å². The molecule has 0 amide bonds. The quantitative estimate of drug-likeness (QED) is 0.647. The SMILES string of the molecule is CC(C)CCOCCC1(CNC(C)(C)C)CCCCC1. The minimum Gasteiger partial charge on any atom is -0.381 e. The number of hydrogen-bond donors (Lipinski definition) is 1. The second kappa shape index (κ2) is 8.38. The lowest BCUT2D eigenvalue weighted by atomic mass is 9.71. The van der Waals surface area contributed by atoms with Crippen molar-refractivity contribution >= 4 is 0 Å². The van der Waals surface area contributed by atoms with Crippen LogP contribution in [-0.2, 0) is 4.74 Å². The molecular formula is C18H37NO. The lowest BCUT2D eigenvalue weighted by Crippen LogP contribution is -2.45. The Morgan fingerprint density at radius 2 is 1.70 bits per heavy atom. The van der Waals surface area contributed by atoms with Crippen LogP contribution in [0.2, 0.25) is 0 Å². The minimum atomic E-state index is 0.225. The van der Waals surface area contributed by atoms with Gasteiger partial charge in [0.05, 0.1) is 0 Å². The van der Waals surface area contributed by atoms with E-state index in [2.05, 4.69) is 39.9 Å². The standard InChI is InChI=1S/C18H37NO/c1-16(2)9-13-20-14-12-18(10-7-6-8-11-18)15-19-17(3,4)5/h16,19H,6-15H2,1-5H3. The molecular weight excluding hydrogens is 246 g/mol. The van der Waals surface area contributed by atoms with Gasteiger partial charge in [-0.1, -0.05) is 33.1 Å². The Balaban J connectivity index is 2.35. The third-order valence-electron chi connectivity index (χ3n) is 4.52. The van der Waals surface area contributed by atoms with Gasteiger partial charge in [0.15, 0.2) is 0 Å². The van der Waals surface area contributed by atoms with Crippen LogP contribution in [0.4, 0.5) is 0 Å². The van der Waals surface area contributed by atoms with Crippen molar-refractivity contribution in [1.82, 2.24) is 5.32 Å². The van der Waals surface area contributed by atoms with E-state index in [-0.39, 0.29) is 5.54 Å². The molecule has 20 heavy (non-hydrogen) atoms. The molecule has 2 heteroatoms. The van der Waals surface area contributed by atoms with Crippen LogP contribution in [0.1, 0.15) is 79.6 Å². The molecule has 1 fully saturated rings. The van der Waals surface area contributed by atoms with Crippen molar-refractivity contribution in [1.29, 1.82) is 0 Å². The van der Waals surface area contributed by atoms with E-state index < -0.39 is 0 Å². The molecule has 1 rings (SSSR count). The molecule has 0 aromatic carbocycles. The van der Waals surface area contributed by atoms with E-state index in [1.165, 1.54) is 44.9 Å². The Labute approximate surface area is 127 Å². The number of nitrogens with one attached hydrogen (secondary N) is 1. The zero-order valence-electron chi connectivity index (χ0n) is 14.6. The first-order valence-electron chi connectivity index (χ1n) is 8.66. The van der Waals surface area contributed by atoms with Crippen LogP contribution < -0.4 is 5.32 Å². The van der Waals surface area contributed by atoms with Gasteiger partial charge in [0.2, 0.25) is 0 Å². The van der Waals surface area contributed by atoms with Gasteiger partial charge >= 0.3 is 0 Å². The van der Waals surface area contributed by atoms with Gasteiger partial charge in [-0.15, -0.1) is 0 Å². The largest absolute Gasteiger partial charge is 0.381 e. The van der Waals surface area contributed by atoms with Crippen LogP contribution >= 0.6 is 0 Å². The summed E-state index contributed by atoms with van der Waals surface area (Å²) in [6.07, 6.45) is 9.40. The van der Waals surface area contributed by atoms with Crippen molar-refractivity contribution in [3.05, 3.63) is 0 Å². The highest BCUT2D eigenvalue weighted by Crippen LogP contribution is 2.39. The fourth-order valence-corrected chi connectivity index (χ4v) is 2.98. The summed E-state index contributed by atoms with van der Waals surface area (Å²) < 4.78 is 5.88. The lowest BCUT2D eigenvalue weighted by Gasteiger charge is -2.40. The van der Waals surface area contributed by atoms with E-state index in [0.717, 1.165) is 25.7 Å². The first-order chi connectivity index (χ1) is 9.33. The number of rotatable bonds is 8. The molecule has 120 valence electrons. The molecule has 0 aromatic rings. The predicted molar refractivity (Wildman–Crippen MR) is 88.2 cm³/mol. The van der Waals surface area contributed by atoms with Crippen LogP contribution in [0.3, 0.4) is 0 Å². The highest BCUT2D eigenvalue weighted by molar-refractivity contribution is 4.87. The summed E-state index contributed by atoms with van der Waals surface area (Å²) in [6.45, 7) is 14.4. The second-order valence-electron chi connectivity index (χ2n) is 8.21. The number of ether oxygens (including phenoxy) is 1. The summed E-state index contributed by atoms with van der Waals surface area (Å²) in [7, 11) is 0. The van der Waals surface area contributed by atoms with Crippen LogP contribution in [0.25, 0.3) is 0 Å². The molecule has 0 aliphatic heterocycles. The maximum absolute atomic E-state index is 5.88. The van der Waals surface area contributed by atoms with Gasteiger partial charge < -0.3 is 10.1 Å². The molecule has 0 unspecified atom stereocenters. The van der Waals surface area contributed by atoms with Gasteiger partial charge in [-0.3, -0.25) is 0 Å². The van der Waals surface area contributed by atoms with Crippen molar-refractivity contribution < 1.29 is 4.74 Å². The summed E-state index contributed by atoms with van der Waals surface area (Å²) >= 11 is 0. The van der Waals surface area contributed by atoms with Gasteiger partial charge in [0.25, 0.3) is 0 Å². The zero-order valence-corrected chi connectivity index (χ0v) is 14.6. The summed E-state index contributed by atoms with van der Waals surface area (Å²) in [5.74, 6) is 0.751. The van der Waals surface area contributed by atoms with Gasteiger partial charge in [-0.2, -0.15) is 0 Å². The van der Waals surface area contributed by atoms with Crippen molar-refractivity contribution in [2.24, 2.45) is 11.3 Å². The lowest BCUT2D eigenvalue weighted by molar-refractivity contribution is 0.0645. The van der Waals surface area contributed by atoms with Crippen LogP contribution in [0.15, 0.2) is 0 Å². The Morgan fingerprint density at radius 3 is 2.25 bits per heavy atom. The van der Waals surface area contributed by atoms with Crippen molar-refractivity contribution in [3.63, 3.8) is 0 Å². The van der Waals surface area contributed by atoms with Crippen molar-refractivity contribution in [2.45, 2.75) is 85.1 Å². The zero-order chi connectivity index (χ0) is 15.1. The highest BCUT2D eigenvalue weighted by Gasteiger charge is 2.32. The van der Waals surface area contributed by atoms with Crippen LogP contribution in [0, 0.1) is 11.3 Å². The third kappa shape index (κ3) is 7.64. The molecule has 0 radical (unpaired) electrons. The molecule has 0 atom stereocenters. The van der Waals surface area contributed by atoms with Gasteiger partial charge in [-0.25, -0.2) is 0 Å². The molecule has 1 N–H and O–H groups in total. The Hall–Kier alpha value is -0.0800. The van der Waals surface area contributed by atoms with E-state index in [1.807, 2.05) is 0 Å². The fourth-order valence-electron chi connectivity index (χ4n) is 2.98. The molecule has 1 aliphatic carbocycles. The first-order valence-corrected chi connectivity index (χ1v) is 8.66. The van der Waals surface area contributed by atoms with Gasteiger partial charge in [0, 0.05) is 25.3 Å². The Bertz CT molecular complexity index is 249. The molecule has 2 nitrogen and oxygen atoms in total. The molecule has 0 saturated heterocycles. The van der Waals surface area contributed by atoms with Crippen molar-refractivity contribution in [2.75, 3.05) is 19.8 Å². The van der Waals surface area contributed by atoms with E-state index in [0.29, 0.717) is 5.41 Å². The van der Waals surface area contributed by atoms with E-state index >= 15 is 0 Å². The average molecular weight is 284 g/mol. The molecule has 0 aromatic heterocycles. The predicted octanol–water partition coefficient (Wildman–Crippen LogP) is 4.78. The van der Waals surface area contributed by atoms with E-state index in [1.54, 1.807) is 0 Å². The van der Waals surface area contributed by atoms with Crippen LogP contribution in [-0.4, -0.2) is 25.3 Å². The molecule has 0 spiro atoms. The maximum atomic E-state index is 5.88. The molecule has 0 heterocycles. The fraction of sp³-hybridized carbons (Fsp3) is 1.00. The van der Waals surface area contributed by atoms with Gasteiger partial charge in [-0.05, 0) is 57.8 Å². The molecule has 1 saturated carbocycles. The average Bonchev–Trinajstić information content (AvgIpc) is 2.36. The molecule has 0 bridgehead atoms. The van der Waals surface area contributed by atoms with E-state index in [9.17, 15) is 0 Å².